The summed E-state index contributed by atoms with van der Waals surface area (Å²) in [4.78, 5) is 10.8. The van der Waals surface area contributed by atoms with Crippen molar-refractivity contribution in [1.82, 2.24) is 5.32 Å². The summed E-state index contributed by atoms with van der Waals surface area (Å²) in [6.45, 7) is 2.50. The molecular formula is C14H19NO5. The lowest BCUT2D eigenvalue weighted by Crippen LogP contribution is -2.34. The zero-order chi connectivity index (χ0) is 14.5. The molecule has 20 heavy (non-hydrogen) atoms. The Morgan fingerprint density at radius 3 is 2.70 bits per heavy atom. The van der Waals surface area contributed by atoms with Gasteiger partial charge in [-0.2, -0.15) is 0 Å². The molecule has 0 bridgehead atoms. The summed E-state index contributed by atoms with van der Waals surface area (Å²) >= 11 is 0. The van der Waals surface area contributed by atoms with Gasteiger partial charge in [0.15, 0.2) is 11.5 Å². The first-order valence-electron chi connectivity index (χ1n) is 6.58. The van der Waals surface area contributed by atoms with E-state index in [1.54, 1.807) is 18.2 Å². The number of hydrogen-bond donors (Lipinski definition) is 3. The molecule has 0 fully saturated rings. The van der Waals surface area contributed by atoms with Crippen LogP contribution in [0.5, 0.6) is 11.5 Å². The van der Waals surface area contributed by atoms with E-state index in [0.29, 0.717) is 30.3 Å². The van der Waals surface area contributed by atoms with Crippen LogP contribution in [0.3, 0.4) is 0 Å². The first kappa shape index (κ1) is 14.6. The van der Waals surface area contributed by atoms with Crippen LogP contribution in [-0.2, 0) is 4.79 Å². The van der Waals surface area contributed by atoms with Crippen LogP contribution in [0.25, 0.3) is 0 Å². The largest absolute Gasteiger partial charge is 0.490 e. The van der Waals surface area contributed by atoms with Crippen molar-refractivity contribution in [3.05, 3.63) is 23.8 Å². The molecule has 0 saturated heterocycles. The molecule has 2 atom stereocenters. The van der Waals surface area contributed by atoms with Crippen molar-refractivity contribution in [3.63, 3.8) is 0 Å². The average Bonchev–Trinajstić information content (AvgIpc) is 2.68. The van der Waals surface area contributed by atoms with Gasteiger partial charge in [-0.3, -0.25) is 4.79 Å². The van der Waals surface area contributed by atoms with Crippen molar-refractivity contribution in [1.29, 1.82) is 0 Å². The maximum atomic E-state index is 10.8. The Labute approximate surface area is 117 Å². The molecule has 6 nitrogen and oxygen atoms in total. The molecule has 2 unspecified atom stereocenters. The summed E-state index contributed by atoms with van der Waals surface area (Å²) in [5.41, 5.74) is 0.520. The Morgan fingerprint density at radius 1 is 1.30 bits per heavy atom. The molecular weight excluding hydrogens is 262 g/mol. The fourth-order valence-corrected chi connectivity index (χ4v) is 1.95. The van der Waals surface area contributed by atoms with Crippen molar-refractivity contribution in [2.45, 2.75) is 25.6 Å². The van der Waals surface area contributed by atoms with E-state index < -0.39 is 12.2 Å². The third kappa shape index (κ3) is 3.61. The van der Waals surface area contributed by atoms with Crippen molar-refractivity contribution < 1.29 is 24.5 Å². The van der Waals surface area contributed by atoms with Crippen LogP contribution in [0.4, 0.5) is 0 Å². The molecule has 6 heteroatoms. The van der Waals surface area contributed by atoms with Crippen LogP contribution in [0.1, 0.15) is 25.0 Å². The SMILES string of the molecule is CC(=O)NCC(O)C(O)c1ccc2c(c1)OCCCO2. The lowest BCUT2D eigenvalue weighted by molar-refractivity contribution is -0.119. The molecule has 0 saturated carbocycles. The highest BCUT2D eigenvalue weighted by Gasteiger charge is 2.21. The molecule has 1 aromatic rings. The molecule has 0 radical (unpaired) electrons. The number of amides is 1. The fourth-order valence-electron chi connectivity index (χ4n) is 1.95. The Kier molecular flexibility index (Phi) is 4.81. The van der Waals surface area contributed by atoms with Gasteiger partial charge < -0.3 is 25.0 Å². The van der Waals surface area contributed by atoms with E-state index in [0.717, 1.165) is 6.42 Å². The monoisotopic (exact) mass is 281 g/mol. The van der Waals surface area contributed by atoms with Gasteiger partial charge in [0.05, 0.1) is 13.2 Å². The van der Waals surface area contributed by atoms with Gasteiger partial charge in [-0.25, -0.2) is 0 Å². The minimum Gasteiger partial charge on any atom is -0.490 e. The van der Waals surface area contributed by atoms with Gasteiger partial charge in [-0.15, -0.1) is 0 Å². The summed E-state index contributed by atoms with van der Waals surface area (Å²) < 4.78 is 11.0. The van der Waals surface area contributed by atoms with Crippen LogP contribution < -0.4 is 14.8 Å². The van der Waals surface area contributed by atoms with Crippen molar-refractivity contribution in [2.75, 3.05) is 19.8 Å². The second kappa shape index (κ2) is 6.58. The van der Waals surface area contributed by atoms with Crippen molar-refractivity contribution in [3.8, 4) is 11.5 Å². The van der Waals surface area contributed by atoms with Crippen molar-refractivity contribution in [2.24, 2.45) is 0 Å². The number of ether oxygens (including phenoxy) is 2. The van der Waals surface area contributed by atoms with E-state index in [-0.39, 0.29) is 12.5 Å². The predicted octanol–water partition coefficient (Wildman–Crippen LogP) is 0.378. The maximum Gasteiger partial charge on any atom is 0.216 e. The summed E-state index contributed by atoms with van der Waals surface area (Å²) in [5, 5.41) is 22.4. The Balaban J connectivity index is 2.08. The van der Waals surface area contributed by atoms with Crippen LogP contribution in [-0.4, -0.2) is 42.0 Å². The third-order valence-corrected chi connectivity index (χ3v) is 3.04. The smallest absolute Gasteiger partial charge is 0.216 e. The van der Waals surface area contributed by atoms with Gasteiger partial charge in [0.2, 0.25) is 5.91 Å². The minimum atomic E-state index is -1.10. The highest BCUT2D eigenvalue weighted by Crippen LogP contribution is 2.32. The van der Waals surface area contributed by atoms with Crippen LogP contribution in [0.15, 0.2) is 18.2 Å². The highest BCUT2D eigenvalue weighted by molar-refractivity contribution is 5.72. The van der Waals surface area contributed by atoms with Gasteiger partial charge in [-0.05, 0) is 17.7 Å². The van der Waals surface area contributed by atoms with E-state index in [9.17, 15) is 15.0 Å². The van der Waals surface area contributed by atoms with Gasteiger partial charge in [-0.1, -0.05) is 6.07 Å². The zero-order valence-corrected chi connectivity index (χ0v) is 11.3. The van der Waals surface area contributed by atoms with Gasteiger partial charge in [0, 0.05) is 19.9 Å². The maximum absolute atomic E-state index is 10.8. The van der Waals surface area contributed by atoms with E-state index in [1.165, 1.54) is 6.92 Å². The standard InChI is InChI=1S/C14H19NO5/c1-9(16)15-8-11(17)14(18)10-3-4-12-13(7-10)20-6-2-5-19-12/h3-4,7,11,14,17-18H,2,5-6,8H2,1H3,(H,15,16). The molecule has 1 heterocycles. The topological polar surface area (TPSA) is 88.0 Å². The van der Waals surface area contributed by atoms with Crippen LogP contribution in [0.2, 0.25) is 0 Å². The molecule has 1 aliphatic heterocycles. The second-order valence-corrected chi connectivity index (χ2v) is 4.71. The van der Waals surface area contributed by atoms with E-state index in [4.69, 9.17) is 9.47 Å². The number of aliphatic hydroxyl groups is 2. The molecule has 2 rings (SSSR count). The molecule has 1 aromatic carbocycles. The molecule has 0 aliphatic carbocycles. The minimum absolute atomic E-state index is 0.00899. The highest BCUT2D eigenvalue weighted by atomic mass is 16.5. The lowest BCUT2D eigenvalue weighted by atomic mass is 10.0. The Bertz CT molecular complexity index is 477. The van der Waals surface area contributed by atoms with Gasteiger partial charge >= 0.3 is 0 Å². The summed E-state index contributed by atoms with van der Waals surface area (Å²) in [7, 11) is 0. The first-order valence-corrected chi connectivity index (χ1v) is 6.58. The molecule has 1 aliphatic rings. The number of nitrogens with one attached hydrogen (secondary N) is 1. The zero-order valence-electron chi connectivity index (χ0n) is 11.3. The van der Waals surface area contributed by atoms with E-state index >= 15 is 0 Å². The summed E-state index contributed by atoms with van der Waals surface area (Å²) in [6.07, 6.45) is -1.37. The lowest BCUT2D eigenvalue weighted by Gasteiger charge is -2.19. The number of fused-ring (bicyclic) bond motifs is 1. The fraction of sp³-hybridized carbons (Fsp3) is 0.500. The molecule has 0 spiro atoms. The number of aliphatic hydroxyl groups excluding tert-OH is 2. The van der Waals surface area contributed by atoms with Gasteiger partial charge in [0.25, 0.3) is 0 Å². The Morgan fingerprint density at radius 2 is 2.00 bits per heavy atom. The number of rotatable bonds is 4. The first-order chi connectivity index (χ1) is 9.58. The number of carbonyl (C=O) groups excluding carboxylic acids is 1. The van der Waals surface area contributed by atoms with Crippen LogP contribution in [0, 0.1) is 0 Å². The van der Waals surface area contributed by atoms with Crippen LogP contribution >= 0.6 is 0 Å². The predicted molar refractivity (Wildman–Crippen MR) is 71.7 cm³/mol. The van der Waals surface area contributed by atoms with E-state index in [1.807, 2.05) is 0 Å². The normalized spacial score (nSPS) is 16.9. The molecule has 3 N–H and O–H groups in total. The molecule has 0 aromatic heterocycles. The van der Waals surface area contributed by atoms with Gasteiger partial charge in [0.1, 0.15) is 12.2 Å². The number of benzene rings is 1. The number of hydrogen-bond acceptors (Lipinski definition) is 5. The summed E-state index contributed by atoms with van der Waals surface area (Å²) in [5.74, 6) is 0.940. The quantitative estimate of drug-likeness (QED) is 0.742. The van der Waals surface area contributed by atoms with Crippen molar-refractivity contribution >= 4 is 5.91 Å². The Hall–Kier alpha value is -1.79. The van der Waals surface area contributed by atoms with E-state index in [2.05, 4.69) is 5.32 Å². The second-order valence-electron chi connectivity index (χ2n) is 4.71. The summed E-state index contributed by atoms with van der Waals surface area (Å²) in [6, 6.07) is 5.04. The molecule has 110 valence electrons. The molecule has 1 amide bonds. The average molecular weight is 281 g/mol. The third-order valence-electron chi connectivity index (χ3n) is 3.04. The number of carbonyl (C=O) groups is 1.